The summed E-state index contributed by atoms with van der Waals surface area (Å²) in [5, 5.41) is 3.27. The molecule has 0 aromatic rings. The summed E-state index contributed by atoms with van der Waals surface area (Å²) in [6, 6.07) is 0.345. The summed E-state index contributed by atoms with van der Waals surface area (Å²) >= 11 is 0. The molecule has 1 N–H and O–H groups in total. The van der Waals surface area contributed by atoms with Gasteiger partial charge in [0, 0.05) is 12.6 Å². The number of likely N-dealkylation sites (tertiary alicyclic amines) is 1. The number of amides is 2. The average Bonchev–Trinajstić information content (AvgIpc) is 3.30. The van der Waals surface area contributed by atoms with Crippen LogP contribution in [0.15, 0.2) is 0 Å². The monoisotopic (exact) mass is 280 g/mol. The smallest absolute Gasteiger partial charge is 0.325 e. The van der Waals surface area contributed by atoms with E-state index in [0.717, 1.165) is 12.8 Å². The summed E-state index contributed by atoms with van der Waals surface area (Å²) in [6.45, 7) is 2.07. The van der Waals surface area contributed by atoms with Gasteiger partial charge in [-0.05, 0) is 32.6 Å². The highest BCUT2D eigenvalue weighted by Gasteiger charge is 2.58. The van der Waals surface area contributed by atoms with E-state index in [9.17, 15) is 14.4 Å². The lowest BCUT2D eigenvalue weighted by molar-refractivity contribution is -0.150. The topological polar surface area (TPSA) is 75.7 Å². The Morgan fingerprint density at radius 1 is 1.35 bits per heavy atom. The maximum absolute atomic E-state index is 12.0. The van der Waals surface area contributed by atoms with Crippen molar-refractivity contribution in [3.05, 3.63) is 0 Å². The molecule has 3 aliphatic rings. The van der Waals surface area contributed by atoms with E-state index in [1.165, 1.54) is 12.0 Å². The Balaban J connectivity index is 1.63. The van der Waals surface area contributed by atoms with Crippen LogP contribution >= 0.6 is 0 Å². The molecular weight excluding hydrogens is 260 g/mol. The van der Waals surface area contributed by atoms with E-state index in [0.29, 0.717) is 18.9 Å². The van der Waals surface area contributed by atoms with Crippen molar-refractivity contribution in [1.82, 2.24) is 10.2 Å². The van der Waals surface area contributed by atoms with E-state index in [-0.39, 0.29) is 36.2 Å². The molecule has 2 saturated carbocycles. The zero-order chi connectivity index (χ0) is 14.5. The molecule has 3 atom stereocenters. The number of nitrogens with one attached hydrogen (secondary N) is 1. The molecule has 3 unspecified atom stereocenters. The minimum Gasteiger partial charge on any atom is -0.468 e. The van der Waals surface area contributed by atoms with E-state index < -0.39 is 5.54 Å². The van der Waals surface area contributed by atoms with E-state index >= 15 is 0 Å². The van der Waals surface area contributed by atoms with Crippen molar-refractivity contribution in [2.24, 2.45) is 11.8 Å². The van der Waals surface area contributed by atoms with E-state index in [2.05, 4.69) is 5.32 Å². The number of carbonyl (C=O) groups is 3. The van der Waals surface area contributed by atoms with E-state index in [1.807, 2.05) is 0 Å². The quantitative estimate of drug-likeness (QED) is 0.550. The van der Waals surface area contributed by atoms with Gasteiger partial charge in [-0.3, -0.25) is 24.6 Å². The third-order valence-corrected chi connectivity index (χ3v) is 4.53. The number of fused-ring (bicyclic) bond motifs is 1. The first-order valence-corrected chi connectivity index (χ1v) is 7.17. The zero-order valence-electron chi connectivity index (χ0n) is 11.8. The number of esters is 1. The third-order valence-electron chi connectivity index (χ3n) is 4.53. The van der Waals surface area contributed by atoms with Crippen LogP contribution in [0.2, 0.25) is 0 Å². The molecule has 0 spiro atoms. The van der Waals surface area contributed by atoms with Crippen LogP contribution in [0.3, 0.4) is 0 Å². The predicted molar refractivity (Wildman–Crippen MR) is 69.5 cm³/mol. The Bertz CT molecular complexity index is 454. The van der Waals surface area contributed by atoms with Crippen molar-refractivity contribution in [2.45, 2.75) is 44.2 Å². The van der Waals surface area contributed by atoms with Gasteiger partial charge in [-0.15, -0.1) is 0 Å². The summed E-state index contributed by atoms with van der Waals surface area (Å²) < 4.78 is 4.85. The van der Waals surface area contributed by atoms with Crippen molar-refractivity contribution >= 4 is 17.8 Å². The van der Waals surface area contributed by atoms with Crippen LogP contribution in [-0.2, 0) is 19.1 Å². The second-order valence-electron chi connectivity index (χ2n) is 6.27. The van der Waals surface area contributed by atoms with Gasteiger partial charge in [-0.25, -0.2) is 0 Å². The molecule has 1 heterocycles. The van der Waals surface area contributed by atoms with E-state index in [1.54, 1.807) is 6.92 Å². The van der Waals surface area contributed by atoms with Crippen molar-refractivity contribution in [3.63, 3.8) is 0 Å². The number of hydrogen-bond acceptors (Lipinski definition) is 5. The highest BCUT2D eigenvalue weighted by atomic mass is 16.5. The van der Waals surface area contributed by atoms with Crippen molar-refractivity contribution < 1.29 is 19.1 Å². The van der Waals surface area contributed by atoms with Gasteiger partial charge in [0.25, 0.3) is 0 Å². The van der Waals surface area contributed by atoms with Crippen LogP contribution in [0.25, 0.3) is 0 Å². The fraction of sp³-hybridized carbons (Fsp3) is 0.786. The van der Waals surface area contributed by atoms with Crippen LogP contribution < -0.4 is 5.32 Å². The summed E-state index contributed by atoms with van der Waals surface area (Å²) in [5.41, 5.74) is -0.830. The first-order chi connectivity index (χ1) is 9.46. The number of carbonyl (C=O) groups excluding carboxylic acids is 3. The Labute approximate surface area is 117 Å². The SMILES string of the molecule is COC(=O)C(C)(CCN1C(=O)C2CC2C1=O)NC1CC1. The first-order valence-electron chi connectivity index (χ1n) is 7.17. The number of nitrogens with zero attached hydrogens (tertiary/aromatic N) is 1. The minimum atomic E-state index is -0.830. The molecule has 1 aliphatic heterocycles. The molecule has 2 aliphatic carbocycles. The molecule has 6 nitrogen and oxygen atoms in total. The van der Waals surface area contributed by atoms with Gasteiger partial charge >= 0.3 is 5.97 Å². The molecule has 1 saturated heterocycles. The number of hydrogen-bond donors (Lipinski definition) is 1. The zero-order valence-corrected chi connectivity index (χ0v) is 11.8. The molecule has 110 valence electrons. The lowest BCUT2D eigenvalue weighted by atomic mass is 9.97. The summed E-state index contributed by atoms with van der Waals surface area (Å²) in [7, 11) is 1.36. The maximum atomic E-state index is 12.0. The van der Waals surface area contributed by atoms with Crippen LogP contribution in [0.4, 0.5) is 0 Å². The van der Waals surface area contributed by atoms with Crippen molar-refractivity contribution in [2.75, 3.05) is 13.7 Å². The van der Waals surface area contributed by atoms with Crippen molar-refractivity contribution in [3.8, 4) is 0 Å². The van der Waals surface area contributed by atoms with Crippen LogP contribution in [0.1, 0.15) is 32.6 Å². The summed E-state index contributed by atoms with van der Waals surface area (Å²) in [6.07, 6.45) is 3.21. The molecule has 20 heavy (non-hydrogen) atoms. The molecule has 0 radical (unpaired) electrons. The average molecular weight is 280 g/mol. The molecule has 0 bridgehead atoms. The van der Waals surface area contributed by atoms with Crippen molar-refractivity contribution in [1.29, 1.82) is 0 Å². The lowest BCUT2D eigenvalue weighted by Crippen LogP contribution is -2.53. The number of methoxy groups -OCH3 is 1. The number of ether oxygens (including phenoxy) is 1. The number of piperidine rings is 1. The Morgan fingerprint density at radius 2 is 1.95 bits per heavy atom. The van der Waals surface area contributed by atoms with Gasteiger partial charge in [0.05, 0.1) is 18.9 Å². The van der Waals surface area contributed by atoms with Gasteiger partial charge in [-0.2, -0.15) is 0 Å². The fourth-order valence-electron chi connectivity index (χ4n) is 2.94. The second kappa shape index (κ2) is 4.55. The largest absolute Gasteiger partial charge is 0.468 e. The normalized spacial score (nSPS) is 31.0. The van der Waals surface area contributed by atoms with Gasteiger partial charge < -0.3 is 4.74 Å². The molecule has 0 aromatic carbocycles. The van der Waals surface area contributed by atoms with Crippen LogP contribution in [0, 0.1) is 11.8 Å². The van der Waals surface area contributed by atoms with E-state index in [4.69, 9.17) is 4.74 Å². The highest BCUT2D eigenvalue weighted by molar-refractivity contribution is 6.08. The minimum absolute atomic E-state index is 0.0707. The highest BCUT2D eigenvalue weighted by Crippen LogP contribution is 2.47. The van der Waals surface area contributed by atoms with Crippen LogP contribution in [0.5, 0.6) is 0 Å². The van der Waals surface area contributed by atoms with Crippen LogP contribution in [-0.4, -0.2) is 47.9 Å². The fourth-order valence-corrected chi connectivity index (χ4v) is 2.94. The maximum Gasteiger partial charge on any atom is 0.325 e. The van der Waals surface area contributed by atoms with Gasteiger partial charge in [0.15, 0.2) is 0 Å². The number of imide groups is 1. The molecule has 3 rings (SSSR count). The Morgan fingerprint density at radius 3 is 2.45 bits per heavy atom. The lowest BCUT2D eigenvalue weighted by Gasteiger charge is -2.30. The Hall–Kier alpha value is -1.43. The van der Waals surface area contributed by atoms with Gasteiger partial charge in [-0.1, -0.05) is 0 Å². The first kappa shape index (κ1) is 13.5. The predicted octanol–water partition coefficient (Wildman–Crippen LogP) is 0.0651. The van der Waals surface area contributed by atoms with Gasteiger partial charge in [0.1, 0.15) is 5.54 Å². The molecule has 3 fully saturated rings. The molecule has 2 amide bonds. The third kappa shape index (κ3) is 2.22. The standard InChI is InChI=1S/C14H20N2O4/c1-14(13(19)20-2,15-8-3-4-8)5-6-16-11(17)9-7-10(9)12(16)18/h8-10,15H,3-7H2,1-2H3. The molecule has 0 aromatic heterocycles. The number of rotatable bonds is 6. The summed E-state index contributed by atoms with van der Waals surface area (Å²) in [5.74, 6) is -0.641. The molecular formula is C14H20N2O4. The second-order valence-corrected chi connectivity index (χ2v) is 6.27. The Kier molecular flexibility index (Phi) is 3.08. The summed E-state index contributed by atoms with van der Waals surface area (Å²) in [4.78, 5) is 37.1. The van der Waals surface area contributed by atoms with Gasteiger partial charge in [0.2, 0.25) is 11.8 Å². The molecule has 6 heteroatoms.